The summed E-state index contributed by atoms with van der Waals surface area (Å²) in [6, 6.07) is 6.99. The van der Waals surface area contributed by atoms with Gasteiger partial charge in [-0.15, -0.1) is 10.2 Å². The van der Waals surface area contributed by atoms with Crippen LogP contribution in [0.4, 0.5) is 13.2 Å². The Morgan fingerprint density at radius 3 is 2.75 bits per heavy atom. The number of methoxy groups -OCH3 is 1. The van der Waals surface area contributed by atoms with Gasteiger partial charge in [0, 0.05) is 0 Å². The number of carbonyl (C=O) groups excluding carboxylic acids is 1. The van der Waals surface area contributed by atoms with E-state index in [9.17, 15) is 18.0 Å². The number of amides is 1. The summed E-state index contributed by atoms with van der Waals surface area (Å²) in [6.45, 7) is 0.0659. The van der Waals surface area contributed by atoms with E-state index in [0.29, 0.717) is 11.3 Å². The van der Waals surface area contributed by atoms with Gasteiger partial charge in [-0.25, -0.2) is 0 Å². The highest BCUT2D eigenvalue weighted by Gasteiger charge is 2.29. The van der Waals surface area contributed by atoms with Gasteiger partial charge in [-0.2, -0.15) is 13.2 Å². The first kappa shape index (κ1) is 18.1. The Morgan fingerprint density at radius 2 is 2.08 bits per heavy atom. The van der Waals surface area contributed by atoms with Gasteiger partial charge < -0.3 is 14.5 Å². The first-order valence-corrected chi connectivity index (χ1v) is 7.66. The molecule has 1 N–H and O–H groups in total. The smallest absolute Gasteiger partial charge is 0.405 e. The molecule has 0 radical (unpaired) electrons. The highest BCUT2D eigenvalue weighted by atomic mass is 32.2. The van der Waals surface area contributed by atoms with Crippen LogP contribution >= 0.6 is 11.8 Å². The van der Waals surface area contributed by atoms with E-state index in [2.05, 4.69) is 10.2 Å². The molecule has 2 rings (SSSR count). The van der Waals surface area contributed by atoms with Gasteiger partial charge in [-0.1, -0.05) is 23.9 Å². The van der Waals surface area contributed by atoms with E-state index in [1.54, 1.807) is 29.6 Å². The van der Waals surface area contributed by atoms with Crippen molar-refractivity contribution >= 4 is 17.7 Å². The maximum atomic E-state index is 12.1. The van der Waals surface area contributed by atoms with Crippen molar-refractivity contribution < 1.29 is 27.1 Å². The maximum absolute atomic E-state index is 12.1. The number of nitrogens with zero attached hydrogens (tertiary/aromatic N) is 2. The van der Waals surface area contributed by atoms with Gasteiger partial charge in [0.05, 0.1) is 17.9 Å². The number of alkyl halides is 3. The molecule has 1 heterocycles. The predicted molar refractivity (Wildman–Crippen MR) is 80.7 cm³/mol. The Balaban J connectivity index is 2.02. The number of hydrogen-bond donors (Lipinski definition) is 1. The van der Waals surface area contributed by atoms with Crippen LogP contribution in [0.25, 0.3) is 11.5 Å². The van der Waals surface area contributed by atoms with Crippen LogP contribution in [0.3, 0.4) is 0 Å². The molecule has 0 saturated heterocycles. The highest BCUT2D eigenvalue weighted by Crippen LogP contribution is 2.31. The Bertz CT molecular complexity index is 706. The molecule has 1 aromatic carbocycles. The van der Waals surface area contributed by atoms with Gasteiger partial charge in [0.15, 0.2) is 0 Å². The fraction of sp³-hybridized carbons (Fsp3) is 0.357. The van der Waals surface area contributed by atoms with Crippen LogP contribution in [0, 0.1) is 0 Å². The van der Waals surface area contributed by atoms with Gasteiger partial charge >= 0.3 is 6.18 Å². The summed E-state index contributed by atoms with van der Waals surface area (Å²) in [7, 11) is 1.50. The minimum absolute atomic E-state index is 0.0746. The molecule has 0 fully saturated rings. The van der Waals surface area contributed by atoms with E-state index < -0.39 is 23.9 Å². The lowest BCUT2D eigenvalue weighted by Gasteiger charge is -2.11. The largest absolute Gasteiger partial charge is 0.496 e. The third-order valence-electron chi connectivity index (χ3n) is 2.85. The summed E-state index contributed by atoms with van der Waals surface area (Å²) in [5.41, 5.74) is 0.577. The molecule has 6 nitrogen and oxygen atoms in total. The van der Waals surface area contributed by atoms with Crippen molar-refractivity contribution in [1.82, 2.24) is 15.5 Å². The number of nitrogens with one attached hydrogen (secondary N) is 1. The van der Waals surface area contributed by atoms with Gasteiger partial charge in [0.25, 0.3) is 11.1 Å². The summed E-state index contributed by atoms with van der Waals surface area (Å²) >= 11 is 0.871. The number of thioether (sulfide) groups is 1. The molecule has 24 heavy (non-hydrogen) atoms. The monoisotopic (exact) mass is 361 g/mol. The average molecular weight is 361 g/mol. The van der Waals surface area contributed by atoms with Crippen molar-refractivity contribution in [3.63, 3.8) is 0 Å². The molecule has 10 heteroatoms. The second-order valence-electron chi connectivity index (χ2n) is 4.67. The molecule has 1 aromatic heterocycles. The zero-order chi connectivity index (χ0) is 17.7. The minimum atomic E-state index is -4.46. The molecule has 2 aromatic rings. The molecule has 0 aliphatic rings. The maximum Gasteiger partial charge on any atom is 0.405 e. The normalized spacial score (nSPS) is 12.7. The van der Waals surface area contributed by atoms with Crippen LogP contribution in [-0.2, 0) is 4.79 Å². The Labute approximate surface area is 139 Å². The molecule has 130 valence electrons. The van der Waals surface area contributed by atoms with E-state index in [4.69, 9.17) is 9.15 Å². The van der Waals surface area contributed by atoms with E-state index >= 15 is 0 Å². The second kappa shape index (κ2) is 7.56. The van der Waals surface area contributed by atoms with Gasteiger partial charge in [0.1, 0.15) is 12.3 Å². The Morgan fingerprint density at radius 1 is 1.38 bits per heavy atom. The number of carbonyl (C=O) groups is 1. The summed E-state index contributed by atoms with van der Waals surface area (Å²) in [5.74, 6) is -0.0408. The van der Waals surface area contributed by atoms with Gasteiger partial charge in [-0.05, 0) is 19.1 Å². The summed E-state index contributed by atoms with van der Waals surface area (Å²) < 4.78 is 46.9. The zero-order valence-electron chi connectivity index (χ0n) is 12.8. The van der Waals surface area contributed by atoms with E-state index in [1.807, 2.05) is 0 Å². The fourth-order valence-electron chi connectivity index (χ4n) is 1.72. The highest BCUT2D eigenvalue weighted by molar-refractivity contribution is 8.00. The van der Waals surface area contributed by atoms with E-state index in [0.717, 1.165) is 11.8 Å². The molecule has 0 aliphatic heterocycles. The standard InChI is InChI=1S/C14H14F3N3O3S/c1-8(11(21)18-7-14(15,16)17)24-13-20-19-12(23-13)9-5-3-4-6-10(9)22-2/h3-6,8H,7H2,1-2H3,(H,18,21)/t8-/m1/s1. The summed E-state index contributed by atoms with van der Waals surface area (Å²) in [4.78, 5) is 11.6. The molecule has 0 saturated carbocycles. The van der Waals surface area contributed by atoms with Crippen molar-refractivity contribution in [2.24, 2.45) is 0 Å². The molecular weight excluding hydrogens is 347 g/mol. The zero-order valence-corrected chi connectivity index (χ0v) is 13.6. The molecular formula is C14H14F3N3O3S. The number of rotatable bonds is 6. The predicted octanol–water partition coefficient (Wildman–Crippen LogP) is 2.90. The van der Waals surface area contributed by atoms with Crippen LogP contribution in [0.2, 0.25) is 0 Å². The lowest BCUT2D eigenvalue weighted by atomic mass is 10.2. The van der Waals surface area contributed by atoms with Crippen molar-refractivity contribution in [2.45, 2.75) is 23.6 Å². The number of ether oxygens (including phenoxy) is 1. The van der Waals surface area contributed by atoms with Crippen LogP contribution in [0.5, 0.6) is 5.75 Å². The molecule has 0 unspecified atom stereocenters. The topological polar surface area (TPSA) is 77.2 Å². The number of benzene rings is 1. The molecule has 1 amide bonds. The van der Waals surface area contributed by atoms with Crippen molar-refractivity contribution in [2.75, 3.05) is 13.7 Å². The number of halogens is 3. The van der Waals surface area contributed by atoms with Crippen LogP contribution in [0.1, 0.15) is 6.92 Å². The Hall–Kier alpha value is -2.23. The lowest BCUT2D eigenvalue weighted by Crippen LogP contribution is -2.37. The first-order chi connectivity index (χ1) is 11.3. The van der Waals surface area contributed by atoms with Crippen molar-refractivity contribution in [1.29, 1.82) is 0 Å². The van der Waals surface area contributed by atoms with E-state index in [1.165, 1.54) is 14.0 Å². The first-order valence-electron chi connectivity index (χ1n) is 6.78. The molecule has 0 bridgehead atoms. The van der Waals surface area contributed by atoms with Crippen LogP contribution < -0.4 is 10.1 Å². The second-order valence-corrected chi connectivity index (χ2v) is 5.96. The SMILES string of the molecule is COc1ccccc1-c1nnc(S[C@H](C)C(=O)NCC(F)(F)F)o1. The van der Waals surface area contributed by atoms with Gasteiger partial charge in [-0.3, -0.25) is 4.79 Å². The van der Waals surface area contributed by atoms with Crippen molar-refractivity contribution in [3.05, 3.63) is 24.3 Å². The number of para-hydroxylation sites is 1. The number of hydrogen-bond acceptors (Lipinski definition) is 6. The van der Waals surface area contributed by atoms with Crippen LogP contribution in [-0.4, -0.2) is 41.2 Å². The molecule has 0 spiro atoms. The van der Waals surface area contributed by atoms with Crippen molar-refractivity contribution in [3.8, 4) is 17.2 Å². The lowest BCUT2D eigenvalue weighted by molar-refractivity contribution is -0.137. The van der Waals surface area contributed by atoms with Gasteiger partial charge in [0.2, 0.25) is 5.91 Å². The fourth-order valence-corrected chi connectivity index (χ4v) is 2.43. The molecule has 1 atom stereocenters. The third kappa shape index (κ3) is 4.88. The quantitative estimate of drug-likeness (QED) is 0.797. The minimum Gasteiger partial charge on any atom is -0.496 e. The third-order valence-corrected chi connectivity index (χ3v) is 3.79. The number of aromatic nitrogens is 2. The van der Waals surface area contributed by atoms with Crippen LogP contribution in [0.15, 0.2) is 33.9 Å². The summed E-state index contributed by atoms with van der Waals surface area (Å²) in [5, 5.41) is 8.71. The summed E-state index contributed by atoms with van der Waals surface area (Å²) in [6.07, 6.45) is -4.46. The Kier molecular flexibility index (Phi) is 5.71. The average Bonchev–Trinajstić information content (AvgIpc) is 3.00. The molecule has 0 aliphatic carbocycles. The van der Waals surface area contributed by atoms with E-state index in [-0.39, 0.29) is 11.1 Å².